The number of para-hydroxylation sites is 2. The SMILES string of the molecule is Cc1nc(COc2ccc(C(=O)OCc3nc4ccccc4nc3C)cc2)cs1. The highest BCUT2D eigenvalue weighted by Crippen LogP contribution is 2.17. The van der Waals surface area contributed by atoms with Crippen LogP contribution in [0.25, 0.3) is 11.0 Å². The van der Waals surface area contributed by atoms with Crippen LogP contribution in [0.2, 0.25) is 0 Å². The lowest BCUT2D eigenvalue weighted by Gasteiger charge is -2.09. The number of ether oxygens (including phenoxy) is 2. The van der Waals surface area contributed by atoms with Crippen LogP contribution in [0.1, 0.15) is 32.4 Å². The van der Waals surface area contributed by atoms with Gasteiger partial charge in [-0.15, -0.1) is 11.3 Å². The van der Waals surface area contributed by atoms with Crippen LogP contribution in [0, 0.1) is 13.8 Å². The van der Waals surface area contributed by atoms with E-state index >= 15 is 0 Å². The number of aromatic nitrogens is 3. The number of fused-ring (bicyclic) bond motifs is 1. The normalized spacial score (nSPS) is 10.8. The van der Waals surface area contributed by atoms with Gasteiger partial charge in [0.25, 0.3) is 0 Å². The summed E-state index contributed by atoms with van der Waals surface area (Å²) in [4.78, 5) is 25.8. The van der Waals surface area contributed by atoms with Gasteiger partial charge in [-0.05, 0) is 50.2 Å². The van der Waals surface area contributed by atoms with Crippen molar-refractivity contribution in [3.63, 3.8) is 0 Å². The van der Waals surface area contributed by atoms with Gasteiger partial charge in [0.05, 0.1) is 38.7 Å². The topological polar surface area (TPSA) is 74.2 Å². The van der Waals surface area contributed by atoms with Gasteiger partial charge in [0.1, 0.15) is 19.0 Å². The molecular formula is C22H19N3O3S. The molecule has 2 aromatic heterocycles. The van der Waals surface area contributed by atoms with Crippen molar-refractivity contribution < 1.29 is 14.3 Å². The van der Waals surface area contributed by atoms with E-state index in [1.54, 1.807) is 35.6 Å². The Bertz CT molecular complexity index is 1160. The number of benzene rings is 2. The predicted octanol–water partition coefficient (Wildman–Crippen LogP) is 4.64. The molecule has 0 N–H and O–H groups in total. The maximum absolute atomic E-state index is 12.4. The number of aryl methyl sites for hydroxylation is 2. The first-order chi connectivity index (χ1) is 14.1. The van der Waals surface area contributed by atoms with Crippen molar-refractivity contribution in [1.29, 1.82) is 0 Å². The van der Waals surface area contributed by atoms with E-state index in [-0.39, 0.29) is 6.61 Å². The second kappa shape index (κ2) is 8.36. The Morgan fingerprint density at radius 3 is 2.34 bits per heavy atom. The third kappa shape index (κ3) is 4.57. The molecular weight excluding hydrogens is 386 g/mol. The lowest BCUT2D eigenvalue weighted by atomic mass is 10.2. The van der Waals surface area contributed by atoms with E-state index in [4.69, 9.17) is 9.47 Å². The predicted molar refractivity (Wildman–Crippen MR) is 111 cm³/mol. The highest BCUT2D eigenvalue weighted by molar-refractivity contribution is 7.09. The maximum Gasteiger partial charge on any atom is 0.338 e. The van der Waals surface area contributed by atoms with Crippen molar-refractivity contribution in [1.82, 2.24) is 15.0 Å². The molecule has 0 aliphatic carbocycles. The molecule has 4 aromatic rings. The molecule has 2 aromatic carbocycles. The van der Waals surface area contributed by atoms with Crippen LogP contribution < -0.4 is 4.74 Å². The van der Waals surface area contributed by atoms with Gasteiger partial charge in [0.2, 0.25) is 0 Å². The summed E-state index contributed by atoms with van der Waals surface area (Å²) in [6.45, 7) is 4.29. The summed E-state index contributed by atoms with van der Waals surface area (Å²) in [5, 5.41) is 2.98. The molecule has 0 aliphatic rings. The molecule has 0 saturated carbocycles. The van der Waals surface area contributed by atoms with E-state index in [0.29, 0.717) is 23.6 Å². The number of esters is 1. The number of carbonyl (C=O) groups excluding carboxylic acids is 1. The van der Waals surface area contributed by atoms with Crippen LogP contribution >= 0.6 is 11.3 Å². The van der Waals surface area contributed by atoms with Crippen LogP contribution in [-0.2, 0) is 18.0 Å². The van der Waals surface area contributed by atoms with Gasteiger partial charge in [0.15, 0.2) is 0 Å². The Morgan fingerprint density at radius 1 is 0.931 bits per heavy atom. The van der Waals surface area contributed by atoms with Crippen molar-refractivity contribution in [3.8, 4) is 5.75 Å². The minimum absolute atomic E-state index is 0.0733. The van der Waals surface area contributed by atoms with E-state index in [0.717, 1.165) is 27.4 Å². The van der Waals surface area contributed by atoms with Gasteiger partial charge >= 0.3 is 5.97 Å². The summed E-state index contributed by atoms with van der Waals surface area (Å²) in [7, 11) is 0. The van der Waals surface area contributed by atoms with E-state index in [9.17, 15) is 4.79 Å². The van der Waals surface area contributed by atoms with Gasteiger partial charge in [-0.3, -0.25) is 0 Å². The highest BCUT2D eigenvalue weighted by Gasteiger charge is 2.11. The lowest BCUT2D eigenvalue weighted by Crippen LogP contribution is -2.08. The number of carbonyl (C=O) groups is 1. The molecule has 0 spiro atoms. The average molecular weight is 405 g/mol. The Labute approximate surface area is 172 Å². The Hall–Kier alpha value is -3.32. The Kier molecular flexibility index (Phi) is 5.48. The molecule has 29 heavy (non-hydrogen) atoms. The third-order valence-corrected chi connectivity index (χ3v) is 5.15. The Morgan fingerprint density at radius 2 is 1.66 bits per heavy atom. The van der Waals surface area contributed by atoms with Crippen molar-refractivity contribution in [2.45, 2.75) is 27.1 Å². The molecule has 0 bridgehead atoms. The summed E-state index contributed by atoms with van der Waals surface area (Å²) in [5.74, 6) is 0.254. The van der Waals surface area contributed by atoms with Crippen LogP contribution in [0.3, 0.4) is 0 Å². The summed E-state index contributed by atoms with van der Waals surface area (Å²) in [6, 6.07) is 14.5. The first-order valence-electron chi connectivity index (χ1n) is 9.12. The summed E-state index contributed by atoms with van der Waals surface area (Å²) in [6.07, 6.45) is 0. The van der Waals surface area contributed by atoms with Gasteiger partial charge in [-0.1, -0.05) is 12.1 Å². The zero-order valence-electron chi connectivity index (χ0n) is 16.1. The molecule has 0 saturated heterocycles. The molecule has 4 rings (SSSR count). The minimum atomic E-state index is -0.416. The van der Waals surface area contributed by atoms with Crippen LogP contribution in [-0.4, -0.2) is 20.9 Å². The van der Waals surface area contributed by atoms with Crippen LogP contribution in [0.15, 0.2) is 53.9 Å². The fourth-order valence-electron chi connectivity index (χ4n) is 2.80. The zero-order chi connectivity index (χ0) is 20.2. The van der Waals surface area contributed by atoms with Crippen LogP contribution in [0.4, 0.5) is 0 Å². The third-order valence-electron chi connectivity index (χ3n) is 4.33. The largest absolute Gasteiger partial charge is 0.487 e. The standard InChI is InChI=1S/C22H19N3O3S/c1-14-21(25-20-6-4-3-5-19(20)23-14)12-28-22(26)16-7-9-18(10-8-16)27-11-17-13-29-15(2)24-17/h3-10,13H,11-12H2,1-2H3. The maximum atomic E-state index is 12.4. The molecule has 0 fully saturated rings. The second-order valence-corrected chi connectivity index (χ2v) is 7.55. The second-order valence-electron chi connectivity index (χ2n) is 6.49. The lowest BCUT2D eigenvalue weighted by molar-refractivity contribution is 0.0467. The van der Waals surface area contributed by atoms with Gasteiger partial charge < -0.3 is 9.47 Å². The van der Waals surface area contributed by atoms with E-state index < -0.39 is 5.97 Å². The van der Waals surface area contributed by atoms with Crippen LogP contribution in [0.5, 0.6) is 5.75 Å². The fourth-order valence-corrected chi connectivity index (χ4v) is 3.40. The number of thiazole rings is 1. The molecule has 0 unspecified atom stereocenters. The highest BCUT2D eigenvalue weighted by atomic mass is 32.1. The molecule has 2 heterocycles. The number of hydrogen-bond acceptors (Lipinski definition) is 7. The smallest absolute Gasteiger partial charge is 0.338 e. The van der Waals surface area contributed by atoms with Crippen molar-refractivity contribution in [2.75, 3.05) is 0 Å². The first kappa shape index (κ1) is 19.0. The molecule has 0 atom stereocenters. The number of hydrogen-bond donors (Lipinski definition) is 0. The first-order valence-corrected chi connectivity index (χ1v) is 10.00. The molecule has 0 amide bonds. The molecule has 6 nitrogen and oxygen atoms in total. The summed E-state index contributed by atoms with van der Waals surface area (Å²) in [5.41, 5.74) is 4.34. The zero-order valence-corrected chi connectivity index (χ0v) is 16.9. The fraction of sp³-hybridized carbons (Fsp3) is 0.182. The van der Waals surface area contributed by atoms with Gasteiger partial charge in [-0.2, -0.15) is 0 Å². The number of nitrogens with zero attached hydrogens (tertiary/aromatic N) is 3. The Balaban J connectivity index is 1.36. The molecule has 146 valence electrons. The summed E-state index contributed by atoms with van der Waals surface area (Å²) < 4.78 is 11.1. The van der Waals surface area contributed by atoms with Gasteiger partial charge in [0, 0.05) is 5.38 Å². The quantitative estimate of drug-likeness (QED) is 0.435. The van der Waals surface area contributed by atoms with Crippen molar-refractivity contribution in [3.05, 3.63) is 81.6 Å². The number of rotatable bonds is 6. The monoisotopic (exact) mass is 405 g/mol. The molecule has 0 radical (unpaired) electrons. The van der Waals surface area contributed by atoms with E-state index in [1.807, 2.05) is 43.5 Å². The average Bonchev–Trinajstić information content (AvgIpc) is 3.16. The molecule has 0 aliphatic heterocycles. The van der Waals surface area contributed by atoms with Crippen molar-refractivity contribution >= 4 is 28.3 Å². The van der Waals surface area contributed by atoms with Gasteiger partial charge in [-0.25, -0.2) is 19.7 Å². The molecule has 7 heteroatoms. The minimum Gasteiger partial charge on any atom is -0.487 e. The summed E-state index contributed by atoms with van der Waals surface area (Å²) >= 11 is 1.59. The van der Waals surface area contributed by atoms with E-state index in [2.05, 4.69) is 15.0 Å². The van der Waals surface area contributed by atoms with Crippen molar-refractivity contribution in [2.24, 2.45) is 0 Å². The van der Waals surface area contributed by atoms with E-state index in [1.165, 1.54) is 0 Å².